The Morgan fingerprint density at radius 3 is 2.81 bits per heavy atom. The Hall–Kier alpha value is -1.96. The van der Waals surface area contributed by atoms with Gasteiger partial charge >= 0.3 is 0 Å². The van der Waals surface area contributed by atoms with Crippen molar-refractivity contribution in [1.82, 2.24) is 20.5 Å². The molecule has 2 heterocycles. The average molecular weight is 374 g/mol. The highest BCUT2D eigenvalue weighted by Crippen LogP contribution is 2.23. The number of nitrogens with one attached hydrogen (secondary N) is 2. The summed E-state index contributed by atoms with van der Waals surface area (Å²) in [5.74, 6) is 0.843. The van der Waals surface area contributed by atoms with Gasteiger partial charge in [-0.1, -0.05) is 30.3 Å². The molecule has 0 unspecified atom stereocenters. The van der Waals surface area contributed by atoms with Gasteiger partial charge in [-0.3, -0.25) is 4.90 Å². The van der Waals surface area contributed by atoms with Crippen molar-refractivity contribution >= 4 is 17.3 Å². The molecule has 3 rings (SSSR count). The van der Waals surface area contributed by atoms with Crippen molar-refractivity contribution < 1.29 is 4.74 Å². The standard InChI is InChI=1S/C19H27N5OS/c1-2-20-19(21-8-9-24-10-12-25-13-11-24)22-14-17-15-26-18(23-17)16-6-4-3-5-7-16/h3-7,15H,2,8-14H2,1H3,(H2,20,21,22). The molecule has 7 heteroatoms. The average Bonchev–Trinajstić information content (AvgIpc) is 3.17. The molecule has 2 N–H and O–H groups in total. The summed E-state index contributed by atoms with van der Waals surface area (Å²) in [6, 6.07) is 10.3. The van der Waals surface area contributed by atoms with Crippen LogP contribution in [0.3, 0.4) is 0 Å². The Kier molecular flexibility index (Phi) is 7.42. The summed E-state index contributed by atoms with van der Waals surface area (Å²) in [5.41, 5.74) is 2.16. The Morgan fingerprint density at radius 2 is 2.04 bits per heavy atom. The van der Waals surface area contributed by atoms with Crippen LogP contribution in [0.5, 0.6) is 0 Å². The van der Waals surface area contributed by atoms with Crippen LogP contribution in [0.2, 0.25) is 0 Å². The normalized spacial score (nSPS) is 15.8. The summed E-state index contributed by atoms with van der Waals surface area (Å²) < 4.78 is 5.38. The summed E-state index contributed by atoms with van der Waals surface area (Å²) in [6.07, 6.45) is 0. The fourth-order valence-electron chi connectivity index (χ4n) is 2.75. The van der Waals surface area contributed by atoms with E-state index in [0.717, 1.165) is 68.2 Å². The number of ether oxygens (including phenoxy) is 1. The third kappa shape index (κ3) is 5.79. The summed E-state index contributed by atoms with van der Waals surface area (Å²) in [7, 11) is 0. The van der Waals surface area contributed by atoms with Crippen molar-refractivity contribution in [3.63, 3.8) is 0 Å². The fraction of sp³-hybridized carbons (Fsp3) is 0.474. The molecule has 0 bridgehead atoms. The predicted octanol–water partition coefficient (Wildman–Crippen LogP) is 2.20. The molecular weight excluding hydrogens is 346 g/mol. The molecule has 1 aliphatic rings. The minimum Gasteiger partial charge on any atom is -0.379 e. The Labute approximate surface area is 159 Å². The van der Waals surface area contributed by atoms with Gasteiger partial charge in [-0.05, 0) is 6.92 Å². The van der Waals surface area contributed by atoms with E-state index in [1.54, 1.807) is 11.3 Å². The quantitative estimate of drug-likeness (QED) is 0.575. The second-order valence-corrected chi connectivity index (χ2v) is 6.94. The van der Waals surface area contributed by atoms with Crippen LogP contribution >= 0.6 is 11.3 Å². The van der Waals surface area contributed by atoms with Gasteiger partial charge in [0.2, 0.25) is 0 Å². The van der Waals surface area contributed by atoms with Crippen molar-refractivity contribution in [3.05, 3.63) is 41.4 Å². The van der Waals surface area contributed by atoms with E-state index >= 15 is 0 Å². The third-order valence-electron chi connectivity index (χ3n) is 4.14. The van der Waals surface area contributed by atoms with E-state index < -0.39 is 0 Å². The van der Waals surface area contributed by atoms with Crippen molar-refractivity contribution in [2.45, 2.75) is 13.5 Å². The SMILES string of the molecule is CCNC(=NCc1csc(-c2ccccc2)n1)NCCN1CCOCC1. The lowest BCUT2D eigenvalue weighted by Crippen LogP contribution is -2.44. The van der Waals surface area contributed by atoms with Crippen LogP contribution in [0, 0.1) is 0 Å². The minimum atomic E-state index is 0.580. The smallest absolute Gasteiger partial charge is 0.191 e. The molecule has 0 spiro atoms. The second kappa shape index (κ2) is 10.3. The molecule has 1 aromatic carbocycles. The first-order valence-electron chi connectivity index (χ1n) is 9.17. The van der Waals surface area contributed by atoms with E-state index in [1.807, 2.05) is 18.2 Å². The first-order valence-corrected chi connectivity index (χ1v) is 10.0. The number of hydrogen-bond acceptors (Lipinski definition) is 5. The van der Waals surface area contributed by atoms with Crippen molar-refractivity contribution in [2.24, 2.45) is 4.99 Å². The van der Waals surface area contributed by atoms with E-state index in [2.05, 4.69) is 45.0 Å². The predicted molar refractivity (Wildman–Crippen MR) is 108 cm³/mol. The lowest BCUT2D eigenvalue weighted by molar-refractivity contribution is 0.0389. The molecule has 0 radical (unpaired) electrons. The Bertz CT molecular complexity index is 682. The second-order valence-electron chi connectivity index (χ2n) is 6.09. The summed E-state index contributed by atoms with van der Waals surface area (Å²) >= 11 is 1.66. The van der Waals surface area contributed by atoms with Crippen LogP contribution < -0.4 is 10.6 Å². The van der Waals surface area contributed by atoms with Crippen LogP contribution in [0.4, 0.5) is 0 Å². The molecule has 26 heavy (non-hydrogen) atoms. The molecule has 0 amide bonds. The summed E-state index contributed by atoms with van der Waals surface area (Å²) in [6.45, 7) is 9.07. The number of benzene rings is 1. The summed E-state index contributed by atoms with van der Waals surface area (Å²) in [5, 5.41) is 9.84. The van der Waals surface area contributed by atoms with Gasteiger partial charge in [0.1, 0.15) is 5.01 Å². The van der Waals surface area contributed by atoms with Gasteiger partial charge in [-0.25, -0.2) is 9.98 Å². The number of nitrogens with zero attached hydrogens (tertiary/aromatic N) is 3. The van der Waals surface area contributed by atoms with Crippen molar-refractivity contribution in [1.29, 1.82) is 0 Å². The maximum absolute atomic E-state index is 5.38. The molecule has 1 fully saturated rings. The van der Waals surface area contributed by atoms with Gasteiger partial charge in [-0.15, -0.1) is 11.3 Å². The van der Waals surface area contributed by atoms with Crippen LogP contribution in [0.15, 0.2) is 40.7 Å². The van der Waals surface area contributed by atoms with Crippen LogP contribution in [0.25, 0.3) is 10.6 Å². The number of aliphatic imine (C=N–C) groups is 1. The summed E-state index contributed by atoms with van der Waals surface area (Å²) in [4.78, 5) is 11.8. The molecule has 1 aliphatic heterocycles. The first kappa shape index (κ1) is 18.8. The molecule has 0 atom stereocenters. The van der Waals surface area contributed by atoms with Gasteiger partial charge < -0.3 is 15.4 Å². The van der Waals surface area contributed by atoms with Crippen molar-refractivity contribution in [3.8, 4) is 10.6 Å². The third-order valence-corrected chi connectivity index (χ3v) is 5.08. The monoisotopic (exact) mass is 373 g/mol. The number of thiazole rings is 1. The highest BCUT2D eigenvalue weighted by atomic mass is 32.1. The maximum Gasteiger partial charge on any atom is 0.191 e. The molecule has 0 aliphatic carbocycles. The zero-order valence-corrected chi connectivity index (χ0v) is 16.1. The zero-order valence-electron chi connectivity index (χ0n) is 15.3. The van der Waals surface area contributed by atoms with Gasteiger partial charge in [0, 0.05) is 43.7 Å². The molecular formula is C19H27N5OS. The Morgan fingerprint density at radius 1 is 1.23 bits per heavy atom. The van der Waals surface area contributed by atoms with Gasteiger partial charge in [-0.2, -0.15) is 0 Å². The van der Waals surface area contributed by atoms with Crippen molar-refractivity contribution in [2.75, 3.05) is 45.9 Å². The van der Waals surface area contributed by atoms with Gasteiger partial charge in [0.15, 0.2) is 5.96 Å². The zero-order chi connectivity index (χ0) is 18.0. The molecule has 2 aromatic rings. The highest BCUT2D eigenvalue weighted by Gasteiger charge is 2.10. The lowest BCUT2D eigenvalue weighted by atomic mass is 10.2. The first-order chi connectivity index (χ1) is 12.8. The molecule has 1 aromatic heterocycles. The maximum atomic E-state index is 5.38. The van der Waals surface area contributed by atoms with E-state index in [0.29, 0.717) is 6.54 Å². The number of hydrogen-bond donors (Lipinski definition) is 2. The number of rotatable bonds is 7. The van der Waals surface area contributed by atoms with E-state index in [1.165, 1.54) is 0 Å². The van der Waals surface area contributed by atoms with Crippen LogP contribution in [-0.4, -0.2) is 61.8 Å². The molecule has 140 valence electrons. The Balaban J connectivity index is 1.51. The fourth-order valence-corrected chi connectivity index (χ4v) is 3.57. The highest BCUT2D eigenvalue weighted by molar-refractivity contribution is 7.13. The number of guanidine groups is 1. The van der Waals surface area contributed by atoms with E-state index in [9.17, 15) is 0 Å². The minimum absolute atomic E-state index is 0.580. The number of aromatic nitrogens is 1. The van der Waals surface area contributed by atoms with E-state index in [-0.39, 0.29) is 0 Å². The van der Waals surface area contributed by atoms with Gasteiger partial charge in [0.05, 0.1) is 25.5 Å². The molecule has 1 saturated heterocycles. The molecule has 6 nitrogen and oxygen atoms in total. The van der Waals surface area contributed by atoms with Crippen LogP contribution in [0.1, 0.15) is 12.6 Å². The molecule has 0 saturated carbocycles. The van der Waals surface area contributed by atoms with Crippen LogP contribution in [-0.2, 0) is 11.3 Å². The van der Waals surface area contributed by atoms with E-state index in [4.69, 9.17) is 9.72 Å². The lowest BCUT2D eigenvalue weighted by Gasteiger charge is -2.26. The topological polar surface area (TPSA) is 61.8 Å². The largest absolute Gasteiger partial charge is 0.379 e. The van der Waals surface area contributed by atoms with Gasteiger partial charge in [0.25, 0.3) is 0 Å². The number of morpholine rings is 1.